The Bertz CT molecular complexity index is 1420. The highest BCUT2D eigenvalue weighted by Crippen LogP contribution is 2.35. The van der Waals surface area contributed by atoms with Crippen molar-refractivity contribution in [2.24, 2.45) is 0 Å². The van der Waals surface area contributed by atoms with Gasteiger partial charge in [-0.2, -0.15) is 0 Å². The molecule has 0 aliphatic rings. The Labute approximate surface area is 247 Å². The van der Waals surface area contributed by atoms with Gasteiger partial charge in [-0.1, -0.05) is 84.2 Å². The van der Waals surface area contributed by atoms with Gasteiger partial charge in [-0.25, -0.2) is 8.42 Å². The SMILES string of the molecule is CC[C@H](C)NC(=O)[C@H](C)N(CCc1ccccc1)C(=O)CN(c1cccc(Cl)c1Cl)S(=O)(=O)c1ccc(C)cc1. The van der Waals surface area contributed by atoms with Gasteiger partial charge in [-0.05, 0) is 63.4 Å². The van der Waals surface area contributed by atoms with Crippen molar-refractivity contribution in [2.45, 2.75) is 57.5 Å². The van der Waals surface area contributed by atoms with Crippen molar-refractivity contribution in [1.29, 1.82) is 0 Å². The molecule has 10 heteroatoms. The van der Waals surface area contributed by atoms with Crippen LogP contribution in [-0.2, 0) is 26.0 Å². The summed E-state index contributed by atoms with van der Waals surface area (Å²) in [4.78, 5) is 28.5. The summed E-state index contributed by atoms with van der Waals surface area (Å²) in [5.41, 5.74) is 1.94. The van der Waals surface area contributed by atoms with Gasteiger partial charge in [0, 0.05) is 12.6 Å². The summed E-state index contributed by atoms with van der Waals surface area (Å²) in [6.07, 6.45) is 1.21. The average Bonchev–Trinajstić information content (AvgIpc) is 2.94. The minimum atomic E-state index is -4.23. The maximum Gasteiger partial charge on any atom is 0.264 e. The number of nitrogens with one attached hydrogen (secondary N) is 1. The Hall–Kier alpha value is -3.07. The van der Waals surface area contributed by atoms with Crippen LogP contribution in [0.3, 0.4) is 0 Å². The van der Waals surface area contributed by atoms with E-state index in [1.807, 2.05) is 51.1 Å². The zero-order chi connectivity index (χ0) is 29.4. The molecule has 3 rings (SSSR count). The molecule has 2 atom stereocenters. The number of carbonyl (C=O) groups is 2. The van der Waals surface area contributed by atoms with Crippen LogP contribution in [-0.4, -0.2) is 50.3 Å². The second kappa shape index (κ2) is 14.0. The fourth-order valence-corrected chi connectivity index (χ4v) is 5.95. The molecule has 0 unspecified atom stereocenters. The lowest BCUT2D eigenvalue weighted by Gasteiger charge is -2.32. The van der Waals surface area contributed by atoms with Crippen LogP contribution in [0.25, 0.3) is 0 Å². The molecule has 0 aromatic heterocycles. The number of hydrogen-bond donors (Lipinski definition) is 1. The highest BCUT2D eigenvalue weighted by Gasteiger charge is 2.33. The molecule has 0 bridgehead atoms. The van der Waals surface area contributed by atoms with Crippen LogP contribution in [0.4, 0.5) is 5.69 Å². The van der Waals surface area contributed by atoms with Crippen molar-refractivity contribution in [2.75, 3.05) is 17.4 Å². The Balaban J connectivity index is 2.01. The number of carbonyl (C=O) groups excluding carboxylic acids is 2. The van der Waals surface area contributed by atoms with E-state index in [1.54, 1.807) is 31.2 Å². The molecule has 3 aromatic carbocycles. The Morgan fingerprint density at radius 3 is 2.20 bits per heavy atom. The molecule has 0 saturated carbocycles. The molecule has 0 aliphatic heterocycles. The number of anilines is 1. The number of sulfonamides is 1. The average molecular weight is 605 g/mol. The maximum atomic E-state index is 13.9. The monoisotopic (exact) mass is 603 g/mol. The van der Waals surface area contributed by atoms with Crippen molar-refractivity contribution < 1.29 is 18.0 Å². The maximum absolute atomic E-state index is 13.9. The predicted octanol–water partition coefficient (Wildman–Crippen LogP) is 5.87. The largest absolute Gasteiger partial charge is 0.352 e. The van der Waals surface area contributed by atoms with E-state index < -0.39 is 28.5 Å². The molecular weight excluding hydrogens is 569 g/mol. The Morgan fingerprint density at radius 1 is 0.925 bits per heavy atom. The number of rotatable bonds is 12. The molecule has 7 nitrogen and oxygen atoms in total. The molecule has 2 amide bonds. The summed E-state index contributed by atoms with van der Waals surface area (Å²) in [6, 6.07) is 19.6. The third-order valence-electron chi connectivity index (χ3n) is 6.74. The molecule has 3 aromatic rings. The van der Waals surface area contributed by atoms with E-state index in [-0.39, 0.29) is 39.1 Å². The van der Waals surface area contributed by atoms with Crippen molar-refractivity contribution in [3.63, 3.8) is 0 Å². The number of amides is 2. The fraction of sp³-hybridized carbons (Fsp3) is 0.333. The van der Waals surface area contributed by atoms with E-state index in [4.69, 9.17) is 23.2 Å². The third-order valence-corrected chi connectivity index (χ3v) is 9.32. The topological polar surface area (TPSA) is 86.8 Å². The molecule has 0 saturated heterocycles. The fourth-order valence-electron chi connectivity index (χ4n) is 4.07. The lowest BCUT2D eigenvalue weighted by Crippen LogP contribution is -2.53. The van der Waals surface area contributed by atoms with Gasteiger partial charge >= 0.3 is 0 Å². The standard InChI is InChI=1S/C30H35Cl2N3O4S/c1-5-22(3)33-30(37)23(4)34(19-18-24-10-7-6-8-11-24)28(36)20-35(27-13-9-12-26(31)29(27)32)40(38,39)25-16-14-21(2)15-17-25/h6-17,22-23H,5,18-20H2,1-4H3,(H,33,37)/t22-,23-/m0/s1. The first-order valence-electron chi connectivity index (χ1n) is 13.1. The molecule has 0 spiro atoms. The lowest BCUT2D eigenvalue weighted by molar-refractivity contribution is -0.139. The Kier molecular flexibility index (Phi) is 11.0. The summed E-state index contributed by atoms with van der Waals surface area (Å²) < 4.78 is 28.8. The summed E-state index contributed by atoms with van der Waals surface area (Å²) in [5.74, 6) is -0.862. The van der Waals surface area contributed by atoms with Gasteiger partial charge in [0.05, 0.1) is 20.6 Å². The number of aryl methyl sites for hydroxylation is 1. The van der Waals surface area contributed by atoms with Gasteiger partial charge in [0.2, 0.25) is 11.8 Å². The van der Waals surface area contributed by atoms with Crippen LogP contribution in [0.5, 0.6) is 0 Å². The summed E-state index contributed by atoms with van der Waals surface area (Å²) in [7, 11) is -4.23. The van der Waals surface area contributed by atoms with Crippen LogP contribution < -0.4 is 9.62 Å². The molecular formula is C30H35Cl2N3O4S. The van der Waals surface area contributed by atoms with E-state index in [9.17, 15) is 18.0 Å². The minimum absolute atomic E-state index is 0.000315. The van der Waals surface area contributed by atoms with E-state index >= 15 is 0 Å². The molecule has 214 valence electrons. The highest BCUT2D eigenvalue weighted by molar-refractivity contribution is 7.92. The van der Waals surface area contributed by atoms with Crippen LogP contribution in [0.1, 0.15) is 38.3 Å². The molecule has 0 radical (unpaired) electrons. The summed E-state index contributed by atoms with van der Waals surface area (Å²) in [5, 5.41) is 3.08. The number of hydrogen-bond acceptors (Lipinski definition) is 4. The number of halogens is 2. The van der Waals surface area contributed by atoms with Gasteiger partial charge in [-0.15, -0.1) is 0 Å². The second-order valence-electron chi connectivity index (χ2n) is 9.71. The van der Waals surface area contributed by atoms with Gasteiger partial charge in [0.15, 0.2) is 0 Å². The first kappa shape index (κ1) is 31.5. The van der Waals surface area contributed by atoms with Crippen LogP contribution in [0.2, 0.25) is 10.0 Å². The van der Waals surface area contributed by atoms with E-state index in [2.05, 4.69) is 5.32 Å². The third kappa shape index (κ3) is 7.77. The molecule has 1 N–H and O–H groups in total. The van der Waals surface area contributed by atoms with Crippen molar-refractivity contribution in [1.82, 2.24) is 10.2 Å². The number of nitrogens with zero attached hydrogens (tertiary/aromatic N) is 2. The predicted molar refractivity (Wildman–Crippen MR) is 161 cm³/mol. The molecule has 0 fully saturated rings. The van der Waals surface area contributed by atoms with Crippen molar-refractivity contribution >= 4 is 50.7 Å². The Morgan fingerprint density at radius 2 is 1.57 bits per heavy atom. The lowest BCUT2D eigenvalue weighted by atomic mass is 10.1. The van der Waals surface area contributed by atoms with Gasteiger partial charge in [-0.3, -0.25) is 13.9 Å². The van der Waals surface area contributed by atoms with E-state index in [1.165, 1.54) is 23.1 Å². The van der Waals surface area contributed by atoms with Crippen LogP contribution in [0, 0.1) is 6.92 Å². The van der Waals surface area contributed by atoms with E-state index in [0.29, 0.717) is 6.42 Å². The zero-order valence-electron chi connectivity index (χ0n) is 23.1. The van der Waals surface area contributed by atoms with Gasteiger partial charge in [0.1, 0.15) is 12.6 Å². The molecule has 0 aliphatic carbocycles. The van der Waals surface area contributed by atoms with Gasteiger partial charge in [0.25, 0.3) is 10.0 Å². The minimum Gasteiger partial charge on any atom is -0.352 e. The molecule has 0 heterocycles. The second-order valence-corrected chi connectivity index (χ2v) is 12.4. The van der Waals surface area contributed by atoms with Crippen molar-refractivity contribution in [3.8, 4) is 0 Å². The smallest absolute Gasteiger partial charge is 0.264 e. The highest BCUT2D eigenvalue weighted by atomic mass is 35.5. The van der Waals surface area contributed by atoms with Gasteiger partial charge < -0.3 is 10.2 Å². The quantitative estimate of drug-likeness (QED) is 0.280. The normalized spacial score (nSPS) is 12.8. The van der Waals surface area contributed by atoms with Crippen molar-refractivity contribution in [3.05, 3.63) is 94.0 Å². The number of benzene rings is 3. The summed E-state index contributed by atoms with van der Waals surface area (Å²) in [6.45, 7) is 6.97. The summed E-state index contributed by atoms with van der Waals surface area (Å²) >= 11 is 12.7. The van der Waals surface area contributed by atoms with Crippen LogP contribution in [0.15, 0.2) is 77.7 Å². The van der Waals surface area contributed by atoms with E-state index in [0.717, 1.165) is 21.9 Å². The molecule has 40 heavy (non-hydrogen) atoms. The zero-order valence-corrected chi connectivity index (χ0v) is 25.4. The van der Waals surface area contributed by atoms with Crippen LogP contribution >= 0.6 is 23.2 Å². The first-order chi connectivity index (χ1) is 18.9. The first-order valence-corrected chi connectivity index (χ1v) is 15.3.